The first-order chi connectivity index (χ1) is 10.5. The number of carbonyl (C=O) groups excluding carboxylic acids is 2. The number of nitrogens with one attached hydrogen (secondary N) is 1. The number of aromatic nitrogens is 1. The van der Waals surface area contributed by atoms with E-state index in [0.29, 0.717) is 14.9 Å². The normalized spacial score (nSPS) is 10.3. The summed E-state index contributed by atoms with van der Waals surface area (Å²) < 4.78 is 0.569. The fourth-order valence-electron chi connectivity index (χ4n) is 1.76. The third kappa shape index (κ3) is 4.54. The molecule has 116 valence electrons. The van der Waals surface area contributed by atoms with Crippen molar-refractivity contribution >= 4 is 46.1 Å². The summed E-state index contributed by atoms with van der Waals surface area (Å²) >= 11 is 7.01. The average molecular weight is 338 g/mol. The Balaban J connectivity index is 1.84. The Morgan fingerprint density at radius 1 is 1.23 bits per heavy atom. The zero-order chi connectivity index (χ0) is 16.1. The van der Waals surface area contributed by atoms with E-state index in [1.807, 2.05) is 25.1 Å². The molecule has 1 amide bonds. The van der Waals surface area contributed by atoms with E-state index in [1.54, 1.807) is 24.4 Å². The van der Waals surface area contributed by atoms with Crippen molar-refractivity contribution in [3.8, 4) is 0 Å². The lowest BCUT2D eigenvalue weighted by Gasteiger charge is -2.11. The maximum atomic E-state index is 11.9. The third-order valence-corrected chi connectivity index (χ3v) is 4.19. The maximum Gasteiger partial charge on any atom is 0.224 e. The number of nitrogens with zero attached hydrogens (tertiary/aromatic N) is 2. The van der Waals surface area contributed by atoms with Gasteiger partial charge in [0.2, 0.25) is 5.91 Å². The summed E-state index contributed by atoms with van der Waals surface area (Å²) in [6, 6.07) is 6.95. The van der Waals surface area contributed by atoms with Crippen molar-refractivity contribution in [2.75, 3.05) is 24.3 Å². The predicted molar refractivity (Wildman–Crippen MR) is 90.1 cm³/mol. The lowest BCUT2D eigenvalue weighted by atomic mass is 10.2. The molecule has 22 heavy (non-hydrogen) atoms. The molecule has 0 bridgehead atoms. The minimum absolute atomic E-state index is 0.0758. The average Bonchev–Trinajstić information content (AvgIpc) is 2.92. The molecule has 0 saturated carbocycles. The van der Waals surface area contributed by atoms with Gasteiger partial charge in [-0.1, -0.05) is 11.6 Å². The first-order valence-corrected chi connectivity index (χ1v) is 7.87. The van der Waals surface area contributed by atoms with E-state index in [9.17, 15) is 9.59 Å². The number of carbonyl (C=O) groups is 2. The number of rotatable bonds is 6. The minimum Gasteiger partial charge on any atom is -0.363 e. The van der Waals surface area contributed by atoms with Crippen molar-refractivity contribution in [1.29, 1.82) is 0 Å². The van der Waals surface area contributed by atoms with Crippen LogP contribution in [0.25, 0.3) is 0 Å². The number of hydrogen-bond donors (Lipinski definition) is 1. The van der Waals surface area contributed by atoms with Crippen LogP contribution in [-0.4, -0.2) is 30.8 Å². The number of hydrogen-bond acceptors (Lipinski definition) is 5. The Morgan fingerprint density at radius 2 is 2.00 bits per heavy atom. The van der Waals surface area contributed by atoms with Gasteiger partial charge in [-0.3, -0.25) is 9.59 Å². The summed E-state index contributed by atoms with van der Waals surface area (Å²) in [5.41, 5.74) is 0.613. The van der Waals surface area contributed by atoms with Crippen LogP contribution in [0.3, 0.4) is 0 Å². The quantitative estimate of drug-likeness (QED) is 0.820. The molecule has 0 saturated heterocycles. The van der Waals surface area contributed by atoms with Gasteiger partial charge in [-0.05, 0) is 24.3 Å². The fraction of sp³-hybridized carbons (Fsp3) is 0.267. The van der Waals surface area contributed by atoms with E-state index in [0.717, 1.165) is 5.82 Å². The topological polar surface area (TPSA) is 62.3 Å². The molecule has 1 N–H and O–H groups in total. The van der Waals surface area contributed by atoms with Crippen LogP contribution in [-0.2, 0) is 4.79 Å². The second-order valence-electron chi connectivity index (χ2n) is 4.87. The largest absolute Gasteiger partial charge is 0.363 e. The SMILES string of the molecule is CN(C)c1ccc(NC(=O)CCC(=O)c2ccc(Cl)s2)cn1. The number of ketones is 1. The molecule has 2 aromatic heterocycles. The van der Waals surface area contributed by atoms with Gasteiger partial charge in [-0.2, -0.15) is 0 Å². The van der Waals surface area contributed by atoms with Gasteiger partial charge >= 0.3 is 0 Å². The summed E-state index contributed by atoms with van der Waals surface area (Å²) in [4.78, 5) is 30.4. The predicted octanol–water partition coefficient (Wildman–Crippen LogP) is 3.46. The Bertz CT molecular complexity index is 668. The molecule has 0 unspecified atom stereocenters. The van der Waals surface area contributed by atoms with Crippen molar-refractivity contribution in [1.82, 2.24) is 4.98 Å². The van der Waals surface area contributed by atoms with E-state index in [-0.39, 0.29) is 24.5 Å². The van der Waals surface area contributed by atoms with Gasteiger partial charge in [0.15, 0.2) is 5.78 Å². The Labute approximate surface area is 137 Å². The molecule has 0 spiro atoms. The van der Waals surface area contributed by atoms with E-state index in [1.165, 1.54) is 11.3 Å². The molecular weight excluding hydrogens is 322 g/mol. The van der Waals surface area contributed by atoms with Crippen molar-refractivity contribution < 1.29 is 9.59 Å². The number of amides is 1. The smallest absolute Gasteiger partial charge is 0.224 e. The van der Waals surface area contributed by atoms with Crippen molar-refractivity contribution in [3.05, 3.63) is 39.7 Å². The Hall–Kier alpha value is -1.92. The van der Waals surface area contributed by atoms with Gasteiger partial charge in [0, 0.05) is 26.9 Å². The molecule has 2 heterocycles. The number of anilines is 2. The summed E-state index contributed by atoms with van der Waals surface area (Å²) in [6.45, 7) is 0. The number of Topliss-reactive ketones (excluding diaryl/α,β-unsaturated/α-hetero) is 1. The molecular formula is C15H16ClN3O2S. The summed E-state index contributed by atoms with van der Waals surface area (Å²) in [6.07, 6.45) is 1.88. The summed E-state index contributed by atoms with van der Waals surface area (Å²) in [7, 11) is 3.78. The molecule has 0 aliphatic rings. The zero-order valence-corrected chi connectivity index (χ0v) is 13.9. The Morgan fingerprint density at radius 3 is 2.55 bits per heavy atom. The van der Waals surface area contributed by atoms with Crippen LogP contribution in [0.4, 0.5) is 11.5 Å². The minimum atomic E-state index is -0.213. The molecule has 5 nitrogen and oxygen atoms in total. The molecule has 0 aromatic carbocycles. The van der Waals surface area contributed by atoms with Gasteiger partial charge in [0.25, 0.3) is 0 Å². The van der Waals surface area contributed by atoms with E-state index in [4.69, 9.17) is 11.6 Å². The molecule has 7 heteroatoms. The standard InChI is InChI=1S/C15H16ClN3O2S/c1-19(2)14-7-3-10(9-17-14)18-15(21)8-4-11(20)12-5-6-13(16)22-12/h3,5-7,9H,4,8H2,1-2H3,(H,18,21). The molecule has 0 atom stereocenters. The highest BCUT2D eigenvalue weighted by molar-refractivity contribution is 7.18. The molecule has 0 aliphatic carbocycles. The fourth-order valence-corrected chi connectivity index (χ4v) is 2.77. The van der Waals surface area contributed by atoms with Crippen molar-refractivity contribution in [2.45, 2.75) is 12.8 Å². The Kier molecular flexibility index (Phi) is 5.51. The van der Waals surface area contributed by atoms with Crippen LogP contribution in [0.5, 0.6) is 0 Å². The lowest BCUT2D eigenvalue weighted by Crippen LogP contribution is -2.14. The second-order valence-corrected chi connectivity index (χ2v) is 6.59. The third-order valence-electron chi connectivity index (χ3n) is 2.92. The van der Waals surface area contributed by atoms with Gasteiger partial charge in [-0.15, -0.1) is 11.3 Å². The van der Waals surface area contributed by atoms with Gasteiger partial charge in [0.1, 0.15) is 5.82 Å². The van der Waals surface area contributed by atoms with E-state index in [2.05, 4.69) is 10.3 Å². The van der Waals surface area contributed by atoms with E-state index < -0.39 is 0 Å². The van der Waals surface area contributed by atoms with Gasteiger partial charge in [-0.25, -0.2) is 4.98 Å². The highest BCUT2D eigenvalue weighted by atomic mass is 35.5. The van der Waals surface area contributed by atoms with Gasteiger partial charge < -0.3 is 10.2 Å². The van der Waals surface area contributed by atoms with Crippen LogP contribution >= 0.6 is 22.9 Å². The zero-order valence-electron chi connectivity index (χ0n) is 12.3. The number of pyridine rings is 1. The lowest BCUT2D eigenvalue weighted by molar-refractivity contribution is -0.116. The molecule has 2 rings (SSSR count). The first kappa shape index (κ1) is 16.5. The van der Waals surface area contributed by atoms with Crippen molar-refractivity contribution in [3.63, 3.8) is 0 Å². The second kappa shape index (κ2) is 7.38. The van der Waals surface area contributed by atoms with Crippen LogP contribution in [0.15, 0.2) is 30.5 Å². The highest BCUT2D eigenvalue weighted by Gasteiger charge is 2.11. The maximum absolute atomic E-state index is 11.9. The number of halogens is 1. The van der Waals surface area contributed by atoms with E-state index >= 15 is 0 Å². The first-order valence-electron chi connectivity index (χ1n) is 6.67. The van der Waals surface area contributed by atoms with Crippen LogP contribution in [0.2, 0.25) is 4.34 Å². The number of thiophene rings is 1. The highest BCUT2D eigenvalue weighted by Crippen LogP contribution is 2.23. The molecule has 0 aliphatic heterocycles. The molecule has 2 aromatic rings. The summed E-state index contributed by atoms with van der Waals surface area (Å²) in [5.74, 6) is 0.520. The van der Waals surface area contributed by atoms with Crippen LogP contribution < -0.4 is 10.2 Å². The van der Waals surface area contributed by atoms with Crippen LogP contribution in [0, 0.1) is 0 Å². The molecule has 0 fully saturated rings. The molecule has 0 radical (unpaired) electrons. The monoisotopic (exact) mass is 337 g/mol. The van der Waals surface area contributed by atoms with Crippen molar-refractivity contribution in [2.24, 2.45) is 0 Å². The summed E-state index contributed by atoms with van der Waals surface area (Å²) in [5, 5.41) is 2.73. The van der Waals surface area contributed by atoms with Gasteiger partial charge in [0.05, 0.1) is 21.1 Å². The van der Waals surface area contributed by atoms with Crippen LogP contribution in [0.1, 0.15) is 22.5 Å².